The highest BCUT2D eigenvalue weighted by molar-refractivity contribution is 6.36. The highest BCUT2D eigenvalue weighted by Gasteiger charge is 2.29. The summed E-state index contributed by atoms with van der Waals surface area (Å²) in [5.74, 6) is 0. The third kappa shape index (κ3) is 4.78. The van der Waals surface area contributed by atoms with Gasteiger partial charge in [-0.1, -0.05) is 29.3 Å². The number of anilines is 1. The first kappa shape index (κ1) is 18.4. The van der Waals surface area contributed by atoms with Crippen molar-refractivity contribution in [3.05, 3.63) is 45.7 Å². The van der Waals surface area contributed by atoms with Crippen molar-refractivity contribution >= 4 is 34.9 Å². The van der Waals surface area contributed by atoms with E-state index >= 15 is 0 Å². The van der Waals surface area contributed by atoms with Gasteiger partial charge in [-0.2, -0.15) is 18.3 Å². The van der Waals surface area contributed by atoms with Crippen molar-refractivity contribution in [1.82, 2.24) is 15.1 Å². The maximum absolute atomic E-state index is 12.4. The van der Waals surface area contributed by atoms with Gasteiger partial charge in [0.15, 0.2) is 0 Å². The van der Waals surface area contributed by atoms with Gasteiger partial charge in [0.1, 0.15) is 6.54 Å². The zero-order chi connectivity index (χ0) is 17.9. The summed E-state index contributed by atoms with van der Waals surface area (Å²) in [6.45, 7) is 0.275. The molecule has 10 heteroatoms. The third-order valence-electron chi connectivity index (χ3n) is 3.17. The van der Waals surface area contributed by atoms with E-state index in [2.05, 4.69) is 15.7 Å². The number of nitrogens with zero attached hydrogens (tertiary/aromatic N) is 2. The van der Waals surface area contributed by atoms with Crippen LogP contribution in [0.25, 0.3) is 0 Å². The van der Waals surface area contributed by atoms with Gasteiger partial charge < -0.3 is 10.6 Å². The van der Waals surface area contributed by atoms with Crippen LogP contribution in [0, 0.1) is 6.92 Å². The Labute approximate surface area is 145 Å². The monoisotopic (exact) mass is 380 g/mol. The van der Waals surface area contributed by atoms with Crippen LogP contribution in [0.4, 0.5) is 23.7 Å². The fraction of sp³-hybridized carbons (Fsp3) is 0.286. The first-order chi connectivity index (χ1) is 11.2. The van der Waals surface area contributed by atoms with E-state index in [-0.39, 0.29) is 17.9 Å². The Morgan fingerprint density at radius 2 is 1.92 bits per heavy atom. The number of alkyl halides is 3. The predicted octanol–water partition coefficient (Wildman–Crippen LogP) is 4.38. The average molecular weight is 381 g/mol. The van der Waals surface area contributed by atoms with E-state index in [0.29, 0.717) is 15.6 Å². The van der Waals surface area contributed by atoms with Crippen LogP contribution in [0.15, 0.2) is 24.4 Å². The van der Waals surface area contributed by atoms with Crippen LogP contribution in [0.5, 0.6) is 0 Å². The molecule has 0 saturated heterocycles. The standard InChI is InChI=1S/C14H13Cl2F3N4O/c1-8-12(6-21-23(8)7-14(17,18)19)22-13(24)20-5-9-10(15)3-2-4-11(9)16/h2-4,6H,5,7H2,1H3,(H2,20,22,24). The second kappa shape index (κ2) is 7.31. The zero-order valence-corrected chi connectivity index (χ0v) is 13.9. The Kier molecular flexibility index (Phi) is 5.61. The number of urea groups is 1. The Morgan fingerprint density at radius 1 is 1.29 bits per heavy atom. The van der Waals surface area contributed by atoms with Crippen LogP contribution in [0.2, 0.25) is 10.0 Å². The molecule has 2 amide bonds. The molecule has 5 nitrogen and oxygen atoms in total. The topological polar surface area (TPSA) is 59.0 Å². The lowest BCUT2D eigenvalue weighted by Gasteiger charge is -2.11. The lowest BCUT2D eigenvalue weighted by molar-refractivity contribution is -0.142. The molecule has 0 aliphatic carbocycles. The van der Waals surface area contributed by atoms with Gasteiger partial charge in [-0.05, 0) is 19.1 Å². The highest BCUT2D eigenvalue weighted by Crippen LogP contribution is 2.24. The van der Waals surface area contributed by atoms with Crippen molar-refractivity contribution in [2.24, 2.45) is 0 Å². The number of benzene rings is 1. The number of nitrogens with one attached hydrogen (secondary N) is 2. The molecule has 1 heterocycles. The molecule has 2 rings (SSSR count). The Hall–Kier alpha value is -1.93. The Bertz CT molecular complexity index is 726. The molecular formula is C14H13Cl2F3N4O. The van der Waals surface area contributed by atoms with Crippen LogP contribution >= 0.6 is 23.2 Å². The fourth-order valence-corrected chi connectivity index (χ4v) is 2.47. The van der Waals surface area contributed by atoms with Gasteiger partial charge >= 0.3 is 12.2 Å². The largest absolute Gasteiger partial charge is 0.408 e. The number of aromatic nitrogens is 2. The number of rotatable bonds is 4. The van der Waals surface area contributed by atoms with Crippen molar-refractivity contribution in [3.8, 4) is 0 Å². The number of hydrogen-bond acceptors (Lipinski definition) is 2. The second-order valence-corrected chi connectivity index (χ2v) is 5.74. The summed E-state index contributed by atoms with van der Waals surface area (Å²) >= 11 is 12.0. The number of carbonyl (C=O) groups is 1. The van der Waals surface area contributed by atoms with Crippen molar-refractivity contribution in [2.45, 2.75) is 26.2 Å². The van der Waals surface area contributed by atoms with Crippen molar-refractivity contribution < 1.29 is 18.0 Å². The molecule has 1 aromatic heterocycles. The van der Waals surface area contributed by atoms with E-state index in [4.69, 9.17) is 23.2 Å². The molecule has 130 valence electrons. The lowest BCUT2D eigenvalue weighted by Crippen LogP contribution is -2.28. The molecule has 2 aromatic rings. The quantitative estimate of drug-likeness (QED) is 0.826. The number of amides is 2. The molecule has 0 aliphatic heterocycles. The molecule has 0 spiro atoms. The van der Waals surface area contributed by atoms with Crippen LogP contribution in [0.1, 0.15) is 11.3 Å². The maximum Gasteiger partial charge on any atom is 0.408 e. The summed E-state index contributed by atoms with van der Waals surface area (Å²) in [7, 11) is 0. The van der Waals surface area contributed by atoms with Crippen molar-refractivity contribution in [2.75, 3.05) is 5.32 Å². The van der Waals surface area contributed by atoms with E-state index in [0.717, 1.165) is 10.9 Å². The first-order valence-electron chi connectivity index (χ1n) is 6.74. The van der Waals surface area contributed by atoms with E-state index in [1.165, 1.54) is 6.92 Å². The molecular weight excluding hydrogens is 368 g/mol. The van der Waals surface area contributed by atoms with Crippen LogP contribution in [-0.4, -0.2) is 22.0 Å². The van der Waals surface area contributed by atoms with E-state index in [9.17, 15) is 18.0 Å². The predicted molar refractivity (Wildman–Crippen MR) is 85.3 cm³/mol. The minimum atomic E-state index is -4.39. The molecule has 0 unspecified atom stereocenters. The SMILES string of the molecule is Cc1c(NC(=O)NCc2c(Cl)cccc2Cl)cnn1CC(F)(F)F. The summed E-state index contributed by atoms with van der Waals surface area (Å²) < 4.78 is 37.9. The molecule has 0 radical (unpaired) electrons. The summed E-state index contributed by atoms with van der Waals surface area (Å²) in [5.41, 5.74) is 0.917. The number of halogens is 5. The van der Waals surface area contributed by atoms with Gasteiger partial charge in [0, 0.05) is 22.2 Å². The summed E-state index contributed by atoms with van der Waals surface area (Å²) in [6.07, 6.45) is -3.24. The minimum absolute atomic E-state index is 0.0695. The van der Waals surface area contributed by atoms with Gasteiger partial charge in [0.25, 0.3) is 0 Å². The van der Waals surface area contributed by atoms with Gasteiger partial charge in [0.05, 0.1) is 17.6 Å². The van der Waals surface area contributed by atoms with Crippen molar-refractivity contribution in [3.63, 3.8) is 0 Å². The van der Waals surface area contributed by atoms with Gasteiger partial charge in [-0.25, -0.2) is 4.79 Å². The maximum atomic E-state index is 12.4. The smallest absolute Gasteiger partial charge is 0.334 e. The molecule has 0 aliphatic rings. The summed E-state index contributed by atoms with van der Waals surface area (Å²) in [4.78, 5) is 11.9. The third-order valence-corrected chi connectivity index (χ3v) is 3.88. The minimum Gasteiger partial charge on any atom is -0.334 e. The van der Waals surface area contributed by atoms with E-state index in [1.54, 1.807) is 18.2 Å². The van der Waals surface area contributed by atoms with Crippen LogP contribution in [-0.2, 0) is 13.1 Å². The highest BCUT2D eigenvalue weighted by atomic mass is 35.5. The first-order valence-corrected chi connectivity index (χ1v) is 7.50. The lowest BCUT2D eigenvalue weighted by atomic mass is 10.2. The fourth-order valence-electron chi connectivity index (χ4n) is 1.93. The molecule has 1 aromatic carbocycles. The number of hydrogen-bond donors (Lipinski definition) is 2. The normalized spacial score (nSPS) is 11.4. The molecule has 24 heavy (non-hydrogen) atoms. The molecule has 0 atom stereocenters. The van der Waals surface area contributed by atoms with E-state index in [1.807, 2.05) is 0 Å². The summed E-state index contributed by atoms with van der Waals surface area (Å²) in [6, 6.07) is 4.33. The number of carbonyl (C=O) groups excluding carboxylic acids is 1. The van der Waals surface area contributed by atoms with Gasteiger partial charge in [-0.15, -0.1) is 0 Å². The van der Waals surface area contributed by atoms with Gasteiger partial charge in [-0.3, -0.25) is 4.68 Å². The van der Waals surface area contributed by atoms with Crippen LogP contribution in [0.3, 0.4) is 0 Å². The van der Waals surface area contributed by atoms with E-state index < -0.39 is 18.8 Å². The molecule has 0 bridgehead atoms. The molecule has 0 fully saturated rings. The van der Waals surface area contributed by atoms with Crippen LogP contribution < -0.4 is 10.6 Å². The van der Waals surface area contributed by atoms with Crippen molar-refractivity contribution in [1.29, 1.82) is 0 Å². The zero-order valence-electron chi connectivity index (χ0n) is 12.4. The molecule has 0 saturated carbocycles. The average Bonchev–Trinajstić information content (AvgIpc) is 2.78. The van der Waals surface area contributed by atoms with Gasteiger partial charge in [0.2, 0.25) is 0 Å². The Morgan fingerprint density at radius 3 is 2.50 bits per heavy atom. The summed E-state index contributed by atoms with van der Waals surface area (Å²) in [5, 5.41) is 9.39. The second-order valence-electron chi connectivity index (χ2n) is 4.92. The Balaban J connectivity index is 1.98. The molecule has 2 N–H and O–H groups in total.